The van der Waals surface area contributed by atoms with E-state index in [0.29, 0.717) is 13.1 Å². The zero-order valence-corrected chi connectivity index (χ0v) is 21.1. The summed E-state index contributed by atoms with van der Waals surface area (Å²) < 4.78 is 3.91. The van der Waals surface area contributed by atoms with Crippen LogP contribution < -0.4 is 0 Å². The summed E-state index contributed by atoms with van der Waals surface area (Å²) >= 11 is 0. The average molecular weight is 455 g/mol. The first-order chi connectivity index (χ1) is 16.0. The van der Waals surface area contributed by atoms with Gasteiger partial charge in [-0.2, -0.15) is 0 Å². The number of hydrogen-bond donors (Lipinski definition) is 0. The molecule has 0 unspecified atom stereocenters. The molecule has 0 fully saturated rings. The molecule has 0 radical (unpaired) electrons. The Morgan fingerprint density at radius 1 is 0.559 bits per heavy atom. The van der Waals surface area contributed by atoms with E-state index in [1.54, 1.807) is 0 Å². The predicted molar refractivity (Wildman–Crippen MR) is 134 cm³/mol. The lowest BCUT2D eigenvalue weighted by atomic mass is 9.84. The molecular formula is C28H34N6. The Bertz CT molecular complexity index is 1150. The van der Waals surface area contributed by atoms with Gasteiger partial charge in [0, 0.05) is 25.2 Å². The second kappa shape index (κ2) is 8.19. The van der Waals surface area contributed by atoms with Crippen LogP contribution in [0.15, 0.2) is 48.8 Å². The number of nitrogens with zero attached hydrogens (tertiary/aromatic N) is 6. The normalized spacial score (nSPS) is 14.3. The highest BCUT2D eigenvalue weighted by Crippen LogP contribution is 2.28. The first-order valence-electron chi connectivity index (χ1n) is 12.1. The highest BCUT2D eigenvalue weighted by molar-refractivity contribution is 5.38. The maximum atomic E-state index is 4.50. The molecule has 0 saturated heterocycles. The highest BCUT2D eigenvalue weighted by Gasteiger charge is 2.19. The van der Waals surface area contributed by atoms with E-state index in [1.807, 2.05) is 9.36 Å². The van der Waals surface area contributed by atoms with Crippen molar-refractivity contribution in [2.45, 2.75) is 78.3 Å². The number of fused-ring (bicyclic) bond motifs is 8. The molecule has 3 heterocycles. The van der Waals surface area contributed by atoms with Crippen molar-refractivity contribution in [3.05, 3.63) is 93.6 Å². The summed E-state index contributed by atoms with van der Waals surface area (Å²) in [4.78, 5) is 0. The van der Waals surface area contributed by atoms with Crippen molar-refractivity contribution in [1.29, 1.82) is 0 Å². The Hall–Kier alpha value is -3.28. The summed E-state index contributed by atoms with van der Waals surface area (Å²) in [6.07, 6.45) is 5.69. The molecule has 176 valence electrons. The highest BCUT2D eigenvalue weighted by atomic mass is 15.4. The first-order valence-corrected chi connectivity index (χ1v) is 12.1. The second-order valence-electron chi connectivity index (χ2n) is 11.7. The largest absolute Gasteiger partial charge is 0.248 e. The number of rotatable bonds is 0. The molecule has 2 aromatic carbocycles. The van der Waals surface area contributed by atoms with Crippen LogP contribution in [0.1, 0.15) is 86.3 Å². The van der Waals surface area contributed by atoms with Crippen molar-refractivity contribution < 1.29 is 0 Å². The maximum Gasteiger partial charge on any atom is 0.0871 e. The van der Waals surface area contributed by atoms with E-state index < -0.39 is 0 Å². The molecule has 2 aromatic heterocycles. The lowest BCUT2D eigenvalue weighted by Gasteiger charge is -2.21. The van der Waals surface area contributed by atoms with E-state index in [0.717, 1.165) is 24.2 Å². The minimum atomic E-state index is 0.0557. The fraction of sp³-hybridized carbons (Fsp3) is 0.429. The Morgan fingerprint density at radius 2 is 0.941 bits per heavy atom. The third-order valence-corrected chi connectivity index (χ3v) is 6.47. The average Bonchev–Trinajstić information content (AvgIpc) is 3.35. The van der Waals surface area contributed by atoms with Gasteiger partial charge in [0.15, 0.2) is 0 Å². The lowest BCUT2D eigenvalue weighted by Crippen LogP contribution is -2.14. The molecule has 0 saturated carbocycles. The van der Waals surface area contributed by atoms with E-state index >= 15 is 0 Å². The molecule has 6 nitrogen and oxygen atoms in total. The van der Waals surface area contributed by atoms with Crippen molar-refractivity contribution in [3.8, 4) is 0 Å². The Balaban J connectivity index is 1.61. The predicted octanol–water partition coefficient (Wildman–Crippen LogP) is 5.06. The van der Waals surface area contributed by atoms with Gasteiger partial charge in [0.2, 0.25) is 0 Å². The molecule has 0 spiro atoms. The lowest BCUT2D eigenvalue weighted by molar-refractivity contribution is 0.582. The molecule has 0 atom stereocenters. The van der Waals surface area contributed by atoms with Crippen molar-refractivity contribution in [2.24, 2.45) is 0 Å². The van der Waals surface area contributed by atoms with Gasteiger partial charge in [-0.1, -0.05) is 88.4 Å². The van der Waals surface area contributed by atoms with E-state index in [-0.39, 0.29) is 10.8 Å². The molecule has 0 amide bonds. The summed E-state index contributed by atoms with van der Waals surface area (Å²) in [5.41, 5.74) is 9.69. The summed E-state index contributed by atoms with van der Waals surface area (Å²) in [6, 6.07) is 13.7. The third kappa shape index (κ3) is 4.96. The standard InChI is InChI=1S/C28H34N6/c1-27(2,3)23-9-19-7-20(10-23)14-26-18-34(32-30-26)16-22-8-21(11-24(12-22)28(4,5)6)15-33-17-25(13-19)29-31-33/h7-12,17-18H,13-16H2,1-6H3. The van der Waals surface area contributed by atoms with Crippen molar-refractivity contribution in [1.82, 2.24) is 30.0 Å². The summed E-state index contributed by atoms with van der Waals surface area (Å²) in [5, 5.41) is 17.9. The van der Waals surface area contributed by atoms with Gasteiger partial charge in [-0.3, -0.25) is 0 Å². The van der Waals surface area contributed by atoms with Crippen LogP contribution in [-0.2, 0) is 36.8 Å². The molecule has 34 heavy (non-hydrogen) atoms. The fourth-order valence-electron chi connectivity index (χ4n) is 4.56. The molecule has 0 aliphatic carbocycles. The second-order valence-corrected chi connectivity index (χ2v) is 11.7. The summed E-state index contributed by atoms with van der Waals surface area (Å²) in [5.74, 6) is 0. The Labute approximate surface area is 202 Å². The number of aromatic nitrogens is 6. The van der Waals surface area contributed by atoms with Gasteiger partial charge in [-0.25, -0.2) is 9.36 Å². The molecule has 8 bridgehead atoms. The zero-order valence-electron chi connectivity index (χ0n) is 21.1. The van der Waals surface area contributed by atoms with Gasteiger partial charge >= 0.3 is 0 Å². The minimum Gasteiger partial charge on any atom is -0.248 e. The van der Waals surface area contributed by atoms with Crippen LogP contribution >= 0.6 is 0 Å². The SMILES string of the molecule is CC(C)(C)c1cc2cc(c1)Cc1cn(nn1)Cc1cc(cc(C(C)(C)C)c1)Cn1cc(nn1)C2. The molecule has 4 aromatic rings. The molecule has 5 rings (SSSR count). The maximum absolute atomic E-state index is 4.50. The van der Waals surface area contributed by atoms with Crippen LogP contribution in [0.25, 0.3) is 0 Å². The van der Waals surface area contributed by atoms with Crippen LogP contribution in [0.2, 0.25) is 0 Å². The van der Waals surface area contributed by atoms with Crippen molar-refractivity contribution in [3.63, 3.8) is 0 Å². The molecule has 0 N–H and O–H groups in total. The van der Waals surface area contributed by atoms with Crippen LogP contribution in [0, 0.1) is 0 Å². The quantitative estimate of drug-likeness (QED) is 0.328. The summed E-state index contributed by atoms with van der Waals surface area (Å²) in [7, 11) is 0. The molecule has 1 aliphatic heterocycles. The molecular weight excluding hydrogens is 420 g/mol. The topological polar surface area (TPSA) is 61.4 Å². The van der Waals surface area contributed by atoms with Crippen molar-refractivity contribution >= 4 is 0 Å². The van der Waals surface area contributed by atoms with E-state index in [4.69, 9.17) is 0 Å². The third-order valence-electron chi connectivity index (χ3n) is 6.47. The van der Waals surface area contributed by atoms with Gasteiger partial charge in [0.25, 0.3) is 0 Å². The Kier molecular flexibility index (Phi) is 5.42. The number of hydrogen-bond acceptors (Lipinski definition) is 4. The zero-order chi connectivity index (χ0) is 24.1. The summed E-state index contributed by atoms with van der Waals surface area (Å²) in [6.45, 7) is 14.9. The van der Waals surface area contributed by atoms with Gasteiger partial charge in [-0.05, 0) is 44.2 Å². The number of benzene rings is 2. The van der Waals surface area contributed by atoms with Crippen LogP contribution in [0.3, 0.4) is 0 Å². The van der Waals surface area contributed by atoms with Gasteiger partial charge in [0.05, 0.1) is 24.5 Å². The van der Waals surface area contributed by atoms with Crippen molar-refractivity contribution in [2.75, 3.05) is 0 Å². The van der Waals surface area contributed by atoms with Crippen LogP contribution in [0.5, 0.6) is 0 Å². The van der Waals surface area contributed by atoms with Gasteiger partial charge in [-0.15, -0.1) is 10.2 Å². The minimum absolute atomic E-state index is 0.0557. The van der Waals surface area contributed by atoms with E-state index in [9.17, 15) is 0 Å². The molecule has 6 heteroatoms. The van der Waals surface area contributed by atoms with E-state index in [2.05, 4.69) is 111 Å². The van der Waals surface area contributed by atoms with Gasteiger partial charge < -0.3 is 0 Å². The monoisotopic (exact) mass is 454 g/mol. The Morgan fingerprint density at radius 3 is 1.35 bits per heavy atom. The van der Waals surface area contributed by atoms with Crippen LogP contribution in [-0.4, -0.2) is 30.0 Å². The first kappa shape index (κ1) is 22.5. The molecule has 1 aliphatic rings. The van der Waals surface area contributed by atoms with Gasteiger partial charge in [0.1, 0.15) is 0 Å². The fourth-order valence-corrected chi connectivity index (χ4v) is 4.56. The smallest absolute Gasteiger partial charge is 0.0871 e. The van der Waals surface area contributed by atoms with E-state index in [1.165, 1.54) is 33.4 Å². The van der Waals surface area contributed by atoms with Crippen LogP contribution in [0.4, 0.5) is 0 Å².